The molecule has 0 saturated heterocycles. The van der Waals surface area contributed by atoms with Crippen LogP contribution in [0, 0.1) is 0 Å². The van der Waals surface area contributed by atoms with Crippen LogP contribution in [-0.2, 0) is 4.79 Å². The number of H-pyrrole nitrogens is 1. The molecule has 0 radical (unpaired) electrons. The molecule has 2 aromatic rings. The van der Waals surface area contributed by atoms with Gasteiger partial charge in [0.2, 0.25) is 5.91 Å². The van der Waals surface area contributed by atoms with Gasteiger partial charge in [0.1, 0.15) is 0 Å². The van der Waals surface area contributed by atoms with Crippen LogP contribution in [-0.4, -0.2) is 10.9 Å². The van der Waals surface area contributed by atoms with Crippen molar-refractivity contribution in [1.82, 2.24) is 4.98 Å². The Morgan fingerprint density at radius 2 is 2.27 bits per heavy atom. The Balaban J connectivity index is 2.52. The number of amides is 1. The largest absolute Gasteiger partial charge is 0.366 e. The summed E-state index contributed by atoms with van der Waals surface area (Å²) in [5, 5.41) is 1.06. The predicted molar refractivity (Wildman–Crippen MR) is 64.2 cm³/mol. The summed E-state index contributed by atoms with van der Waals surface area (Å²) < 4.78 is 1.00. The lowest BCUT2D eigenvalue weighted by Crippen LogP contribution is -2.04. The number of fused-ring (bicyclic) bond motifs is 1. The van der Waals surface area contributed by atoms with Gasteiger partial charge in [0.25, 0.3) is 0 Å². The minimum absolute atomic E-state index is 0.445. The lowest BCUT2D eigenvalue weighted by molar-refractivity contribution is -0.113. The van der Waals surface area contributed by atoms with Crippen LogP contribution < -0.4 is 5.73 Å². The first-order valence-electron chi connectivity index (χ1n) is 4.41. The molecule has 4 heteroatoms. The van der Waals surface area contributed by atoms with Gasteiger partial charge in [0, 0.05) is 27.6 Å². The van der Waals surface area contributed by atoms with Crippen molar-refractivity contribution in [3.63, 3.8) is 0 Å². The van der Waals surface area contributed by atoms with E-state index in [2.05, 4.69) is 20.9 Å². The Kier molecular flexibility index (Phi) is 2.60. The number of hydrogen-bond acceptors (Lipinski definition) is 1. The van der Waals surface area contributed by atoms with Crippen molar-refractivity contribution in [3.05, 3.63) is 40.5 Å². The van der Waals surface area contributed by atoms with Gasteiger partial charge in [-0.1, -0.05) is 15.9 Å². The van der Waals surface area contributed by atoms with Crippen molar-refractivity contribution in [1.29, 1.82) is 0 Å². The maximum Gasteiger partial charge on any atom is 0.241 e. The first-order chi connectivity index (χ1) is 7.16. The first kappa shape index (κ1) is 9.98. The number of nitrogens with one attached hydrogen (secondary N) is 1. The van der Waals surface area contributed by atoms with Gasteiger partial charge in [0.15, 0.2) is 0 Å². The van der Waals surface area contributed by atoms with Crippen LogP contribution in [0.5, 0.6) is 0 Å². The number of aromatic nitrogens is 1. The minimum Gasteiger partial charge on any atom is -0.366 e. The third-order valence-corrected chi connectivity index (χ3v) is 2.60. The van der Waals surface area contributed by atoms with Crippen molar-refractivity contribution in [3.8, 4) is 0 Å². The molecule has 0 unspecified atom stereocenters. The average Bonchev–Trinajstić information content (AvgIpc) is 2.57. The number of carbonyl (C=O) groups is 1. The predicted octanol–water partition coefficient (Wildman–Crippen LogP) is 2.43. The van der Waals surface area contributed by atoms with Crippen LogP contribution >= 0.6 is 15.9 Å². The van der Waals surface area contributed by atoms with E-state index in [0.717, 1.165) is 20.9 Å². The molecule has 0 atom stereocenters. The highest BCUT2D eigenvalue weighted by Crippen LogP contribution is 2.23. The molecule has 0 aliphatic heterocycles. The molecule has 0 fully saturated rings. The Morgan fingerprint density at radius 1 is 1.47 bits per heavy atom. The third kappa shape index (κ3) is 2.10. The summed E-state index contributed by atoms with van der Waals surface area (Å²) in [7, 11) is 0. The number of benzene rings is 1. The highest BCUT2D eigenvalue weighted by atomic mass is 79.9. The number of aromatic amines is 1. The fourth-order valence-electron chi connectivity index (χ4n) is 1.42. The van der Waals surface area contributed by atoms with E-state index in [1.54, 1.807) is 6.08 Å². The standard InChI is InChI=1S/C11H9BrN2O/c12-8-2-3-10-9(5-8)7(6-14-10)1-4-11(13)15/h1-6,14H,(H2,13,15). The van der Waals surface area contributed by atoms with Crippen LogP contribution in [0.15, 0.2) is 34.9 Å². The van der Waals surface area contributed by atoms with Crippen molar-refractivity contribution in [2.24, 2.45) is 5.73 Å². The number of carbonyl (C=O) groups excluding carboxylic acids is 1. The molecule has 0 bridgehead atoms. The lowest BCUT2D eigenvalue weighted by Gasteiger charge is -1.93. The van der Waals surface area contributed by atoms with Crippen molar-refractivity contribution < 1.29 is 4.79 Å². The number of halogens is 1. The van der Waals surface area contributed by atoms with Gasteiger partial charge < -0.3 is 10.7 Å². The fraction of sp³-hybridized carbons (Fsp3) is 0. The van der Waals surface area contributed by atoms with E-state index in [4.69, 9.17) is 5.73 Å². The van der Waals surface area contributed by atoms with Gasteiger partial charge >= 0.3 is 0 Å². The number of hydrogen-bond donors (Lipinski definition) is 2. The summed E-state index contributed by atoms with van der Waals surface area (Å²) in [6, 6.07) is 5.92. The third-order valence-electron chi connectivity index (χ3n) is 2.10. The van der Waals surface area contributed by atoms with Crippen LogP contribution in [0.2, 0.25) is 0 Å². The zero-order valence-electron chi connectivity index (χ0n) is 7.83. The lowest BCUT2D eigenvalue weighted by atomic mass is 10.1. The smallest absolute Gasteiger partial charge is 0.241 e. The topological polar surface area (TPSA) is 58.9 Å². The van der Waals surface area contributed by atoms with Gasteiger partial charge in [-0.25, -0.2) is 0 Å². The Morgan fingerprint density at radius 3 is 3.00 bits per heavy atom. The number of rotatable bonds is 2. The second-order valence-corrected chi connectivity index (χ2v) is 4.09. The van der Waals surface area contributed by atoms with Crippen LogP contribution in [0.4, 0.5) is 0 Å². The molecule has 3 N–H and O–H groups in total. The Labute approximate surface area is 95.1 Å². The van der Waals surface area contributed by atoms with E-state index < -0.39 is 5.91 Å². The highest BCUT2D eigenvalue weighted by molar-refractivity contribution is 9.10. The second kappa shape index (κ2) is 3.90. The number of primary amides is 1. The Hall–Kier alpha value is -1.55. The molecule has 1 aromatic carbocycles. The molecule has 0 aliphatic rings. The highest BCUT2D eigenvalue weighted by Gasteiger charge is 2.01. The molecule has 1 amide bonds. The van der Waals surface area contributed by atoms with Crippen LogP contribution in [0.3, 0.4) is 0 Å². The maximum atomic E-state index is 10.6. The van der Waals surface area contributed by atoms with E-state index in [1.165, 1.54) is 6.08 Å². The summed E-state index contributed by atoms with van der Waals surface area (Å²) in [5.74, 6) is -0.445. The Bertz CT molecular complexity index is 543. The zero-order chi connectivity index (χ0) is 10.8. The molecule has 76 valence electrons. The van der Waals surface area contributed by atoms with Crippen molar-refractivity contribution in [2.45, 2.75) is 0 Å². The molecule has 3 nitrogen and oxygen atoms in total. The maximum absolute atomic E-state index is 10.6. The molecule has 0 aliphatic carbocycles. The molecular formula is C11H9BrN2O. The molecular weight excluding hydrogens is 256 g/mol. The summed E-state index contributed by atoms with van der Waals surface area (Å²) in [6.07, 6.45) is 4.90. The molecule has 0 spiro atoms. The molecule has 1 aromatic heterocycles. The van der Waals surface area contributed by atoms with Crippen molar-refractivity contribution in [2.75, 3.05) is 0 Å². The summed E-state index contributed by atoms with van der Waals surface area (Å²) in [6.45, 7) is 0. The fourth-order valence-corrected chi connectivity index (χ4v) is 1.79. The quantitative estimate of drug-likeness (QED) is 0.805. The van der Waals surface area contributed by atoms with Gasteiger partial charge in [0.05, 0.1) is 0 Å². The van der Waals surface area contributed by atoms with E-state index in [-0.39, 0.29) is 0 Å². The molecule has 15 heavy (non-hydrogen) atoms. The van der Waals surface area contributed by atoms with E-state index >= 15 is 0 Å². The van der Waals surface area contributed by atoms with Gasteiger partial charge in [-0.3, -0.25) is 4.79 Å². The van der Waals surface area contributed by atoms with Crippen LogP contribution in [0.25, 0.3) is 17.0 Å². The van der Waals surface area contributed by atoms with E-state index in [0.29, 0.717) is 0 Å². The summed E-state index contributed by atoms with van der Waals surface area (Å²) >= 11 is 3.40. The van der Waals surface area contributed by atoms with Gasteiger partial charge in [-0.15, -0.1) is 0 Å². The first-order valence-corrected chi connectivity index (χ1v) is 5.20. The minimum atomic E-state index is -0.445. The van der Waals surface area contributed by atoms with Crippen LogP contribution in [0.1, 0.15) is 5.56 Å². The van der Waals surface area contributed by atoms with Gasteiger partial charge in [-0.2, -0.15) is 0 Å². The van der Waals surface area contributed by atoms with Crippen molar-refractivity contribution >= 4 is 38.8 Å². The summed E-state index contributed by atoms with van der Waals surface area (Å²) in [5.41, 5.74) is 7.02. The second-order valence-electron chi connectivity index (χ2n) is 3.17. The molecule has 0 saturated carbocycles. The monoisotopic (exact) mass is 264 g/mol. The number of nitrogens with two attached hydrogens (primary N) is 1. The van der Waals surface area contributed by atoms with Gasteiger partial charge in [-0.05, 0) is 29.8 Å². The summed E-state index contributed by atoms with van der Waals surface area (Å²) in [4.78, 5) is 13.7. The normalized spacial score (nSPS) is 11.3. The molecule has 1 heterocycles. The average molecular weight is 265 g/mol. The van der Waals surface area contributed by atoms with E-state index in [1.807, 2.05) is 24.4 Å². The van der Waals surface area contributed by atoms with E-state index in [9.17, 15) is 4.79 Å². The molecule has 2 rings (SSSR count). The zero-order valence-corrected chi connectivity index (χ0v) is 9.41. The SMILES string of the molecule is NC(=O)C=Cc1c[nH]c2ccc(Br)cc12.